The Hall–Kier alpha value is -1.84. The number of rotatable bonds is 4. The number of nitrogens with two attached hydrogens (primary N) is 1. The summed E-state index contributed by atoms with van der Waals surface area (Å²) < 4.78 is 1.47. The minimum Gasteiger partial charge on any atom is -0.364 e. The average molecular weight is 177 g/mol. The van der Waals surface area contributed by atoms with Crippen LogP contribution in [-0.4, -0.2) is 15.7 Å². The van der Waals surface area contributed by atoms with Gasteiger partial charge in [0, 0.05) is 6.20 Å². The van der Waals surface area contributed by atoms with E-state index in [2.05, 4.69) is 18.3 Å². The molecule has 13 heavy (non-hydrogen) atoms. The van der Waals surface area contributed by atoms with Crippen molar-refractivity contribution in [3.8, 4) is 0 Å². The molecule has 1 aromatic heterocycles. The Balaban J connectivity index is 3.12. The maximum Gasteiger partial charge on any atom is 0.267 e. The summed E-state index contributed by atoms with van der Waals surface area (Å²) in [5.41, 5.74) is 5.49. The molecule has 0 spiro atoms. The smallest absolute Gasteiger partial charge is 0.267 e. The van der Waals surface area contributed by atoms with Crippen molar-refractivity contribution in [1.29, 1.82) is 0 Å². The number of aromatic nitrogens is 2. The van der Waals surface area contributed by atoms with Crippen LogP contribution in [0.15, 0.2) is 37.6 Å². The predicted molar refractivity (Wildman–Crippen MR) is 50.2 cm³/mol. The van der Waals surface area contributed by atoms with Crippen LogP contribution in [0.2, 0.25) is 0 Å². The van der Waals surface area contributed by atoms with Crippen molar-refractivity contribution in [2.24, 2.45) is 5.73 Å². The molecule has 0 saturated carbocycles. The fraction of sp³-hybridized carbons (Fsp3) is 0.111. The molecule has 0 radical (unpaired) electrons. The standard InChI is InChI=1S/C9H11N3O/c1-3-7(4-2)12-8(9(10)13)5-6-11-12/h3-7H,1-2H2,(H2,10,13). The molecule has 0 unspecified atom stereocenters. The molecule has 2 N–H and O–H groups in total. The molecule has 0 aliphatic heterocycles. The van der Waals surface area contributed by atoms with E-state index in [1.165, 1.54) is 10.9 Å². The van der Waals surface area contributed by atoms with Crippen molar-refractivity contribution in [2.75, 3.05) is 0 Å². The second-order valence-corrected chi connectivity index (χ2v) is 2.49. The fourth-order valence-corrected chi connectivity index (χ4v) is 1.04. The highest BCUT2D eigenvalue weighted by molar-refractivity contribution is 5.91. The summed E-state index contributed by atoms with van der Waals surface area (Å²) in [6.07, 6.45) is 4.78. The Morgan fingerprint density at radius 1 is 1.62 bits per heavy atom. The van der Waals surface area contributed by atoms with Gasteiger partial charge in [-0.05, 0) is 6.07 Å². The van der Waals surface area contributed by atoms with Crippen LogP contribution in [0.3, 0.4) is 0 Å². The van der Waals surface area contributed by atoms with Gasteiger partial charge in [-0.25, -0.2) is 4.68 Å². The molecule has 1 rings (SSSR count). The molecule has 1 heterocycles. The predicted octanol–water partition coefficient (Wildman–Crippen LogP) is 0.895. The van der Waals surface area contributed by atoms with E-state index in [-0.39, 0.29) is 6.04 Å². The average Bonchev–Trinajstić information content (AvgIpc) is 2.55. The molecule has 0 bridgehead atoms. The van der Waals surface area contributed by atoms with Gasteiger partial charge >= 0.3 is 0 Å². The Bertz CT molecular complexity index is 332. The zero-order valence-corrected chi connectivity index (χ0v) is 7.18. The third kappa shape index (κ3) is 1.66. The third-order valence-corrected chi connectivity index (χ3v) is 1.69. The molecular weight excluding hydrogens is 166 g/mol. The first kappa shape index (κ1) is 9.25. The van der Waals surface area contributed by atoms with E-state index in [4.69, 9.17) is 5.73 Å². The second kappa shape index (κ2) is 3.71. The molecule has 68 valence electrons. The van der Waals surface area contributed by atoms with Crippen LogP contribution in [0.1, 0.15) is 16.5 Å². The summed E-state index contributed by atoms with van der Waals surface area (Å²) in [6.45, 7) is 7.21. The third-order valence-electron chi connectivity index (χ3n) is 1.69. The van der Waals surface area contributed by atoms with Crippen LogP contribution in [0.4, 0.5) is 0 Å². The summed E-state index contributed by atoms with van der Waals surface area (Å²) in [4.78, 5) is 10.9. The Morgan fingerprint density at radius 2 is 2.23 bits per heavy atom. The molecule has 0 aliphatic rings. The van der Waals surface area contributed by atoms with Gasteiger partial charge in [0.05, 0.1) is 6.04 Å². The number of nitrogens with zero attached hydrogens (tertiary/aromatic N) is 2. The van der Waals surface area contributed by atoms with Gasteiger partial charge in [-0.2, -0.15) is 5.10 Å². The number of hydrogen-bond donors (Lipinski definition) is 1. The molecule has 0 saturated heterocycles. The highest BCUT2D eigenvalue weighted by Crippen LogP contribution is 2.10. The molecular formula is C9H11N3O. The zero-order chi connectivity index (χ0) is 9.84. The number of allylic oxidation sites excluding steroid dienone is 2. The van der Waals surface area contributed by atoms with Crippen LogP contribution in [0.5, 0.6) is 0 Å². The summed E-state index contributed by atoms with van der Waals surface area (Å²) in [6, 6.07) is 1.36. The van der Waals surface area contributed by atoms with Gasteiger partial charge in [0.25, 0.3) is 5.91 Å². The van der Waals surface area contributed by atoms with E-state index in [0.717, 1.165) is 0 Å². The number of hydrogen-bond acceptors (Lipinski definition) is 2. The number of carbonyl (C=O) groups excluding carboxylic acids is 1. The quantitative estimate of drug-likeness (QED) is 0.694. The van der Waals surface area contributed by atoms with Gasteiger partial charge in [0.2, 0.25) is 0 Å². The summed E-state index contributed by atoms with van der Waals surface area (Å²) in [7, 11) is 0. The van der Waals surface area contributed by atoms with Crippen molar-refractivity contribution in [1.82, 2.24) is 9.78 Å². The second-order valence-electron chi connectivity index (χ2n) is 2.49. The van der Waals surface area contributed by atoms with Crippen molar-refractivity contribution in [2.45, 2.75) is 6.04 Å². The summed E-state index contributed by atoms with van der Waals surface area (Å²) in [5.74, 6) is -0.508. The van der Waals surface area contributed by atoms with Crippen LogP contribution >= 0.6 is 0 Å². The van der Waals surface area contributed by atoms with Gasteiger partial charge in [-0.1, -0.05) is 12.2 Å². The van der Waals surface area contributed by atoms with Gasteiger partial charge < -0.3 is 5.73 Å². The molecule has 0 aromatic carbocycles. The monoisotopic (exact) mass is 177 g/mol. The molecule has 1 aromatic rings. The lowest BCUT2D eigenvalue weighted by atomic mass is 10.3. The van der Waals surface area contributed by atoms with Crippen molar-refractivity contribution in [3.05, 3.63) is 43.3 Å². The normalized spacial score (nSPS) is 9.92. The van der Waals surface area contributed by atoms with Crippen molar-refractivity contribution < 1.29 is 4.79 Å². The number of carbonyl (C=O) groups is 1. The van der Waals surface area contributed by atoms with E-state index in [1.54, 1.807) is 18.2 Å². The lowest BCUT2D eigenvalue weighted by Crippen LogP contribution is -2.19. The largest absolute Gasteiger partial charge is 0.364 e. The number of primary amides is 1. The van der Waals surface area contributed by atoms with Crippen molar-refractivity contribution in [3.63, 3.8) is 0 Å². The van der Waals surface area contributed by atoms with Crippen LogP contribution in [-0.2, 0) is 0 Å². The maximum atomic E-state index is 10.9. The zero-order valence-electron chi connectivity index (χ0n) is 7.18. The summed E-state index contributed by atoms with van der Waals surface area (Å²) >= 11 is 0. The fourth-order valence-electron chi connectivity index (χ4n) is 1.04. The van der Waals surface area contributed by atoms with Gasteiger partial charge in [-0.15, -0.1) is 13.2 Å². The summed E-state index contributed by atoms with van der Waals surface area (Å²) in [5, 5.41) is 3.95. The van der Waals surface area contributed by atoms with Crippen LogP contribution < -0.4 is 5.73 Å². The lowest BCUT2D eigenvalue weighted by Gasteiger charge is -2.09. The van der Waals surface area contributed by atoms with E-state index in [0.29, 0.717) is 5.69 Å². The van der Waals surface area contributed by atoms with E-state index in [9.17, 15) is 4.79 Å². The molecule has 0 fully saturated rings. The SMILES string of the molecule is C=CC(C=C)n1nccc1C(N)=O. The lowest BCUT2D eigenvalue weighted by molar-refractivity contribution is 0.0989. The first-order chi connectivity index (χ1) is 6.20. The Labute approximate surface area is 76.4 Å². The topological polar surface area (TPSA) is 60.9 Å². The molecule has 0 aliphatic carbocycles. The van der Waals surface area contributed by atoms with Gasteiger partial charge in [-0.3, -0.25) is 4.79 Å². The van der Waals surface area contributed by atoms with Gasteiger partial charge in [0.1, 0.15) is 5.69 Å². The molecule has 0 atom stereocenters. The van der Waals surface area contributed by atoms with E-state index >= 15 is 0 Å². The highest BCUT2D eigenvalue weighted by Gasteiger charge is 2.11. The number of amides is 1. The van der Waals surface area contributed by atoms with E-state index < -0.39 is 5.91 Å². The minimum atomic E-state index is -0.508. The van der Waals surface area contributed by atoms with Crippen LogP contribution in [0.25, 0.3) is 0 Å². The van der Waals surface area contributed by atoms with Crippen LogP contribution in [0, 0.1) is 0 Å². The Morgan fingerprint density at radius 3 is 2.69 bits per heavy atom. The molecule has 4 nitrogen and oxygen atoms in total. The first-order valence-electron chi connectivity index (χ1n) is 3.79. The maximum absolute atomic E-state index is 10.9. The van der Waals surface area contributed by atoms with E-state index in [1.807, 2.05) is 0 Å². The van der Waals surface area contributed by atoms with Crippen molar-refractivity contribution >= 4 is 5.91 Å². The molecule has 4 heteroatoms. The highest BCUT2D eigenvalue weighted by atomic mass is 16.1. The van der Waals surface area contributed by atoms with Gasteiger partial charge in [0.15, 0.2) is 0 Å². The first-order valence-corrected chi connectivity index (χ1v) is 3.79. The minimum absolute atomic E-state index is 0.197. The Kier molecular flexibility index (Phi) is 2.64. The molecule has 1 amide bonds.